The molecule has 0 aromatic carbocycles. The number of ether oxygens (including phenoxy) is 1. The predicted molar refractivity (Wildman–Crippen MR) is 52.5 cm³/mol. The van der Waals surface area contributed by atoms with Gasteiger partial charge >= 0.3 is 0 Å². The van der Waals surface area contributed by atoms with Crippen LogP contribution in [0.15, 0.2) is 12.1 Å². The molecule has 1 aromatic rings. The second-order valence-electron chi connectivity index (χ2n) is 3.44. The highest BCUT2D eigenvalue weighted by Gasteiger charge is 2.22. The molecule has 1 atom stereocenters. The average Bonchev–Trinajstić information content (AvgIpc) is 2.16. The largest absolute Gasteiger partial charge is 0.481 e. The Balaban J connectivity index is 2.43. The van der Waals surface area contributed by atoms with Gasteiger partial charge in [-0.3, -0.25) is 4.79 Å². The van der Waals surface area contributed by atoms with Crippen molar-refractivity contribution in [3.63, 3.8) is 0 Å². The predicted octanol–water partition coefficient (Wildman–Crippen LogP) is 1.54. The van der Waals surface area contributed by atoms with Gasteiger partial charge in [-0.2, -0.15) is 4.98 Å². The highest BCUT2D eigenvalue weighted by molar-refractivity contribution is 5.93. The van der Waals surface area contributed by atoms with E-state index in [0.29, 0.717) is 18.1 Å². The summed E-state index contributed by atoms with van der Waals surface area (Å²) in [6, 6.07) is 3.76. The molecule has 1 aliphatic heterocycles. The number of carbonyl (C=O) groups excluding carboxylic acids is 1. The Morgan fingerprint density at radius 2 is 2.36 bits per heavy atom. The number of hydrogen-bond donors (Lipinski definition) is 1. The van der Waals surface area contributed by atoms with Crippen molar-refractivity contribution in [3.05, 3.63) is 17.7 Å². The molecule has 1 aromatic heterocycles. The third-order valence-electron chi connectivity index (χ3n) is 2.39. The lowest BCUT2D eigenvalue weighted by Crippen LogP contribution is -2.22. The Morgan fingerprint density at radius 3 is 3.07 bits per heavy atom. The van der Waals surface area contributed by atoms with Crippen molar-refractivity contribution in [2.45, 2.75) is 19.3 Å². The Morgan fingerprint density at radius 1 is 1.57 bits per heavy atom. The van der Waals surface area contributed by atoms with E-state index in [1.807, 2.05) is 19.1 Å². The summed E-state index contributed by atoms with van der Waals surface area (Å²) >= 11 is 0. The molecule has 2 heterocycles. The van der Waals surface area contributed by atoms with E-state index in [0.717, 1.165) is 5.56 Å². The lowest BCUT2D eigenvalue weighted by atomic mass is 9.95. The fourth-order valence-electron chi connectivity index (χ4n) is 1.63. The molecule has 0 fully saturated rings. The monoisotopic (exact) mass is 192 g/mol. The maximum absolute atomic E-state index is 11.2. The van der Waals surface area contributed by atoms with Crippen LogP contribution in [0, 0.1) is 0 Å². The van der Waals surface area contributed by atoms with Crippen LogP contribution in [0.5, 0.6) is 5.88 Å². The Hall–Kier alpha value is -1.58. The van der Waals surface area contributed by atoms with Gasteiger partial charge in [-0.15, -0.1) is 0 Å². The maximum Gasteiger partial charge on any atom is 0.226 e. The van der Waals surface area contributed by atoms with Gasteiger partial charge < -0.3 is 10.1 Å². The van der Waals surface area contributed by atoms with Gasteiger partial charge in [-0.05, 0) is 17.5 Å². The van der Waals surface area contributed by atoms with Crippen molar-refractivity contribution >= 4 is 11.7 Å². The summed E-state index contributed by atoms with van der Waals surface area (Å²) < 4.78 is 4.99. The SMILES string of the molecule is COc1ccc2c(n1)NC(=O)C[C@@H]2C. The third-order valence-corrected chi connectivity index (χ3v) is 2.39. The van der Waals surface area contributed by atoms with Crippen LogP contribution in [0.4, 0.5) is 5.82 Å². The van der Waals surface area contributed by atoms with E-state index in [2.05, 4.69) is 10.3 Å². The Labute approximate surface area is 82.3 Å². The number of rotatable bonds is 1. The molecule has 74 valence electrons. The quantitative estimate of drug-likeness (QED) is 0.734. The number of fused-ring (bicyclic) bond motifs is 1. The first-order valence-electron chi connectivity index (χ1n) is 4.55. The number of nitrogens with one attached hydrogen (secondary N) is 1. The molecule has 0 bridgehead atoms. The zero-order valence-corrected chi connectivity index (χ0v) is 8.20. The second kappa shape index (κ2) is 3.29. The number of methoxy groups -OCH3 is 1. The van der Waals surface area contributed by atoms with Gasteiger partial charge in [-0.1, -0.05) is 6.92 Å². The number of anilines is 1. The zero-order valence-electron chi connectivity index (χ0n) is 8.20. The van der Waals surface area contributed by atoms with E-state index >= 15 is 0 Å². The highest BCUT2D eigenvalue weighted by Crippen LogP contribution is 2.31. The Bertz CT molecular complexity index is 376. The molecule has 0 aliphatic carbocycles. The Kier molecular flexibility index (Phi) is 2.11. The van der Waals surface area contributed by atoms with Crippen LogP contribution >= 0.6 is 0 Å². The standard InChI is InChI=1S/C10H12N2O2/c1-6-5-8(13)11-10-7(6)3-4-9(12-10)14-2/h3-4,6H,5H2,1-2H3,(H,11,12,13)/t6-/m0/s1. The second-order valence-corrected chi connectivity index (χ2v) is 3.44. The summed E-state index contributed by atoms with van der Waals surface area (Å²) in [5.74, 6) is 1.41. The normalized spacial score (nSPS) is 19.9. The van der Waals surface area contributed by atoms with Crippen LogP contribution in [0.1, 0.15) is 24.8 Å². The summed E-state index contributed by atoms with van der Waals surface area (Å²) in [6.07, 6.45) is 0.529. The molecule has 1 N–H and O–H groups in total. The fourth-order valence-corrected chi connectivity index (χ4v) is 1.63. The molecule has 0 saturated heterocycles. The number of nitrogens with zero attached hydrogens (tertiary/aromatic N) is 1. The van der Waals surface area contributed by atoms with Crippen molar-refractivity contribution in [1.82, 2.24) is 4.98 Å². The first kappa shape index (κ1) is 8.99. The average molecular weight is 192 g/mol. The minimum absolute atomic E-state index is 0.0192. The van der Waals surface area contributed by atoms with E-state index in [-0.39, 0.29) is 11.8 Å². The summed E-state index contributed by atoms with van der Waals surface area (Å²) in [6.45, 7) is 2.02. The fraction of sp³-hybridized carbons (Fsp3) is 0.400. The minimum Gasteiger partial charge on any atom is -0.481 e. The van der Waals surface area contributed by atoms with E-state index < -0.39 is 0 Å². The number of hydrogen-bond acceptors (Lipinski definition) is 3. The molecule has 0 saturated carbocycles. The van der Waals surface area contributed by atoms with E-state index in [1.54, 1.807) is 7.11 Å². The van der Waals surface area contributed by atoms with Crippen molar-refractivity contribution < 1.29 is 9.53 Å². The molecule has 0 unspecified atom stereocenters. The third kappa shape index (κ3) is 1.43. The molecule has 14 heavy (non-hydrogen) atoms. The summed E-state index contributed by atoms with van der Waals surface area (Å²) in [4.78, 5) is 15.4. The lowest BCUT2D eigenvalue weighted by molar-refractivity contribution is -0.116. The number of pyridine rings is 1. The number of aromatic nitrogens is 1. The van der Waals surface area contributed by atoms with Crippen LogP contribution in [0.2, 0.25) is 0 Å². The van der Waals surface area contributed by atoms with Gasteiger partial charge in [0.15, 0.2) is 0 Å². The van der Waals surface area contributed by atoms with Crippen LogP contribution in [0.3, 0.4) is 0 Å². The molecule has 1 amide bonds. The molecule has 2 rings (SSSR count). The highest BCUT2D eigenvalue weighted by atomic mass is 16.5. The topological polar surface area (TPSA) is 51.2 Å². The van der Waals surface area contributed by atoms with Gasteiger partial charge in [0.05, 0.1) is 7.11 Å². The molecular formula is C10H12N2O2. The van der Waals surface area contributed by atoms with E-state index in [4.69, 9.17) is 4.74 Å². The van der Waals surface area contributed by atoms with Crippen molar-refractivity contribution in [2.24, 2.45) is 0 Å². The zero-order chi connectivity index (χ0) is 10.1. The van der Waals surface area contributed by atoms with Gasteiger partial charge in [0.25, 0.3) is 0 Å². The molecule has 4 heteroatoms. The van der Waals surface area contributed by atoms with Crippen molar-refractivity contribution in [3.8, 4) is 5.88 Å². The smallest absolute Gasteiger partial charge is 0.226 e. The van der Waals surface area contributed by atoms with Gasteiger partial charge in [-0.25, -0.2) is 0 Å². The first-order valence-corrected chi connectivity index (χ1v) is 4.55. The summed E-state index contributed by atoms with van der Waals surface area (Å²) in [5, 5.41) is 2.73. The summed E-state index contributed by atoms with van der Waals surface area (Å²) in [5.41, 5.74) is 1.07. The van der Waals surface area contributed by atoms with Gasteiger partial charge in [0.1, 0.15) is 5.82 Å². The van der Waals surface area contributed by atoms with Gasteiger partial charge in [0, 0.05) is 12.5 Å². The van der Waals surface area contributed by atoms with Crippen LogP contribution < -0.4 is 10.1 Å². The number of carbonyl (C=O) groups is 1. The van der Waals surface area contributed by atoms with E-state index in [9.17, 15) is 4.79 Å². The molecule has 0 radical (unpaired) electrons. The summed E-state index contributed by atoms with van der Waals surface area (Å²) in [7, 11) is 1.56. The molecule has 4 nitrogen and oxygen atoms in total. The van der Waals surface area contributed by atoms with Crippen molar-refractivity contribution in [2.75, 3.05) is 12.4 Å². The molecular weight excluding hydrogens is 180 g/mol. The first-order chi connectivity index (χ1) is 6.70. The number of amides is 1. The minimum atomic E-state index is 0.0192. The molecule has 0 spiro atoms. The van der Waals surface area contributed by atoms with Crippen LogP contribution in [0.25, 0.3) is 0 Å². The maximum atomic E-state index is 11.2. The molecule has 1 aliphatic rings. The van der Waals surface area contributed by atoms with Crippen molar-refractivity contribution in [1.29, 1.82) is 0 Å². The van der Waals surface area contributed by atoms with Crippen LogP contribution in [-0.2, 0) is 4.79 Å². The lowest BCUT2D eigenvalue weighted by Gasteiger charge is -2.21. The van der Waals surface area contributed by atoms with Crippen LogP contribution in [-0.4, -0.2) is 18.0 Å². The van der Waals surface area contributed by atoms with Gasteiger partial charge in [0.2, 0.25) is 11.8 Å². The van der Waals surface area contributed by atoms with E-state index in [1.165, 1.54) is 0 Å².